The van der Waals surface area contributed by atoms with Crippen molar-refractivity contribution in [1.29, 1.82) is 5.26 Å². The Morgan fingerprint density at radius 3 is 2.59 bits per heavy atom. The van der Waals surface area contributed by atoms with E-state index in [1.54, 1.807) is 6.20 Å². The quantitative estimate of drug-likeness (QED) is 0.752. The average Bonchev–Trinajstić information content (AvgIpc) is 2.73. The molecule has 1 aliphatic rings. The zero-order valence-corrected chi connectivity index (χ0v) is 15.2. The van der Waals surface area contributed by atoms with E-state index in [0.29, 0.717) is 24.8 Å². The van der Waals surface area contributed by atoms with Gasteiger partial charge in [0.1, 0.15) is 0 Å². The minimum absolute atomic E-state index is 0.432. The number of nitrogens with zero attached hydrogens (tertiary/aromatic N) is 3. The topological polar surface area (TPSA) is 70.8 Å². The predicted molar refractivity (Wildman–Crippen MR) is 105 cm³/mol. The van der Waals surface area contributed by atoms with Crippen LogP contribution in [0.25, 0.3) is 22.2 Å². The van der Waals surface area contributed by atoms with Crippen LogP contribution < -0.4 is 10.1 Å². The highest BCUT2D eigenvalue weighted by molar-refractivity contribution is 5.81. The zero-order valence-electron chi connectivity index (χ0n) is 15.2. The molecule has 0 amide bonds. The number of hydrogen-bond acceptors (Lipinski definition) is 5. The van der Waals surface area contributed by atoms with Gasteiger partial charge in [0, 0.05) is 0 Å². The largest absolute Gasteiger partial charge is 0.476 e. The number of hydrogen-bond donors (Lipinski definition) is 1. The van der Waals surface area contributed by atoms with Gasteiger partial charge < -0.3 is 10.1 Å². The molecule has 0 spiro atoms. The van der Waals surface area contributed by atoms with E-state index in [2.05, 4.69) is 21.4 Å². The highest BCUT2D eigenvalue weighted by atomic mass is 16.5. The Labute approximate surface area is 159 Å². The van der Waals surface area contributed by atoms with Crippen LogP contribution >= 0.6 is 0 Å². The Bertz CT molecular complexity index is 956. The molecule has 1 saturated heterocycles. The number of ether oxygens (including phenoxy) is 1. The standard InChI is InChI=1S/C22H22N4O/c23-10-7-16-1-3-18(4-2-16)19-5-6-20-21(13-19)26-22(14-25-20)27-15-17-8-11-24-12-9-17/h1-6,13-14,17,24H,7-9,11-12,15H2. The first-order valence-corrected chi connectivity index (χ1v) is 9.38. The molecular formula is C22H22N4O. The Morgan fingerprint density at radius 2 is 1.81 bits per heavy atom. The van der Waals surface area contributed by atoms with Gasteiger partial charge in [0.2, 0.25) is 5.88 Å². The average molecular weight is 358 g/mol. The van der Waals surface area contributed by atoms with Crippen LogP contribution in [0.3, 0.4) is 0 Å². The lowest BCUT2D eigenvalue weighted by Gasteiger charge is -2.22. The Kier molecular flexibility index (Phi) is 5.27. The molecule has 3 aromatic rings. The maximum absolute atomic E-state index is 8.80. The molecule has 5 heteroatoms. The van der Waals surface area contributed by atoms with E-state index in [0.717, 1.165) is 53.7 Å². The van der Waals surface area contributed by atoms with Crippen molar-refractivity contribution in [1.82, 2.24) is 15.3 Å². The first-order valence-electron chi connectivity index (χ1n) is 9.38. The summed E-state index contributed by atoms with van der Waals surface area (Å²) in [5, 5.41) is 12.2. The maximum atomic E-state index is 8.80. The Balaban J connectivity index is 1.52. The van der Waals surface area contributed by atoms with E-state index in [1.807, 2.05) is 42.5 Å². The van der Waals surface area contributed by atoms with Gasteiger partial charge in [0.25, 0.3) is 0 Å². The normalized spacial score (nSPS) is 14.8. The van der Waals surface area contributed by atoms with Gasteiger partial charge in [-0.1, -0.05) is 30.3 Å². The summed E-state index contributed by atoms with van der Waals surface area (Å²) >= 11 is 0. The van der Waals surface area contributed by atoms with Gasteiger partial charge in [-0.05, 0) is 60.7 Å². The molecule has 0 bridgehead atoms. The van der Waals surface area contributed by atoms with Crippen molar-refractivity contribution in [3.8, 4) is 23.1 Å². The molecule has 4 rings (SSSR count). The van der Waals surface area contributed by atoms with Crippen LogP contribution in [0.5, 0.6) is 5.88 Å². The van der Waals surface area contributed by atoms with Crippen LogP contribution in [0.2, 0.25) is 0 Å². The van der Waals surface area contributed by atoms with E-state index in [1.165, 1.54) is 0 Å². The first kappa shape index (κ1) is 17.4. The molecule has 27 heavy (non-hydrogen) atoms. The fraction of sp³-hybridized carbons (Fsp3) is 0.318. The lowest BCUT2D eigenvalue weighted by atomic mass is 9.99. The number of nitriles is 1. The third-order valence-corrected chi connectivity index (χ3v) is 5.02. The van der Waals surface area contributed by atoms with Crippen molar-refractivity contribution < 1.29 is 4.74 Å². The molecule has 0 aliphatic carbocycles. The fourth-order valence-corrected chi connectivity index (χ4v) is 3.40. The van der Waals surface area contributed by atoms with Gasteiger partial charge >= 0.3 is 0 Å². The molecule has 136 valence electrons. The SMILES string of the molecule is N#CCc1ccc(-c2ccc3ncc(OCC4CCNCC4)nc3c2)cc1. The lowest BCUT2D eigenvalue weighted by molar-refractivity contribution is 0.209. The van der Waals surface area contributed by atoms with Crippen LogP contribution in [0.1, 0.15) is 18.4 Å². The molecular weight excluding hydrogens is 336 g/mol. The molecule has 2 heterocycles. The van der Waals surface area contributed by atoms with Crippen molar-refractivity contribution in [3.05, 3.63) is 54.2 Å². The van der Waals surface area contributed by atoms with Crippen LogP contribution in [0.15, 0.2) is 48.7 Å². The summed E-state index contributed by atoms with van der Waals surface area (Å²) in [5.74, 6) is 1.17. The molecule has 2 aromatic carbocycles. The number of nitrogens with one attached hydrogen (secondary N) is 1. The smallest absolute Gasteiger partial charge is 0.232 e. The van der Waals surface area contributed by atoms with Gasteiger partial charge in [-0.15, -0.1) is 0 Å². The molecule has 0 saturated carbocycles. The first-order chi connectivity index (χ1) is 13.3. The van der Waals surface area contributed by atoms with Crippen molar-refractivity contribution >= 4 is 11.0 Å². The van der Waals surface area contributed by atoms with Crippen LogP contribution in [-0.2, 0) is 6.42 Å². The third kappa shape index (κ3) is 4.24. The van der Waals surface area contributed by atoms with E-state index in [-0.39, 0.29) is 0 Å². The minimum Gasteiger partial charge on any atom is -0.476 e. The van der Waals surface area contributed by atoms with E-state index < -0.39 is 0 Å². The molecule has 1 aromatic heterocycles. The zero-order chi connectivity index (χ0) is 18.5. The van der Waals surface area contributed by atoms with Gasteiger partial charge in [0.05, 0.1) is 36.3 Å². The number of benzene rings is 2. The summed E-state index contributed by atoms with van der Waals surface area (Å²) in [4.78, 5) is 9.13. The summed E-state index contributed by atoms with van der Waals surface area (Å²) in [6.45, 7) is 2.82. The van der Waals surface area contributed by atoms with E-state index >= 15 is 0 Å². The van der Waals surface area contributed by atoms with Crippen molar-refractivity contribution in [2.45, 2.75) is 19.3 Å². The van der Waals surface area contributed by atoms with E-state index in [9.17, 15) is 0 Å². The van der Waals surface area contributed by atoms with Crippen LogP contribution in [0, 0.1) is 17.2 Å². The monoisotopic (exact) mass is 358 g/mol. The van der Waals surface area contributed by atoms with E-state index in [4.69, 9.17) is 10.00 Å². The summed E-state index contributed by atoms with van der Waals surface area (Å²) in [7, 11) is 0. The second kappa shape index (κ2) is 8.15. The molecule has 0 atom stereocenters. The second-order valence-electron chi connectivity index (χ2n) is 6.95. The number of rotatable bonds is 5. The Hall–Kier alpha value is -2.97. The molecule has 0 radical (unpaired) electrons. The summed E-state index contributed by atoms with van der Waals surface area (Å²) in [6, 6.07) is 16.3. The van der Waals surface area contributed by atoms with Gasteiger partial charge in [0.15, 0.2) is 0 Å². The fourth-order valence-electron chi connectivity index (χ4n) is 3.40. The maximum Gasteiger partial charge on any atom is 0.232 e. The van der Waals surface area contributed by atoms with Gasteiger partial charge in [-0.25, -0.2) is 9.97 Å². The molecule has 1 fully saturated rings. The molecule has 0 unspecified atom stereocenters. The third-order valence-electron chi connectivity index (χ3n) is 5.02. The summed E-state index contributed by atoms with van der Waals surface area (Å²) in [6.07, 6.45) is 4.43. The van der Waals surface area contributed by atoms with Gasteiger partial charge in [-0.3, -0.25) is 0 Å². The van der Waals surface area contributed by atoms with Crippen molar-refractivity contribution in [2.75, 3.05) is 19.7 Å². The Morgan fingerprint density at radius 1 is 1.04 bits per heavy atom. The summed E-state index contributed by atoms with van der Waals surface area (Å²) < 4.78 is 5.91. The van der Waals surface area contributed by atoms with Crippen LogP contribution in [-0.4, -0.2) is 29.7 Å². The van der Waals surface area contributed by atoms with Crippen LogP contribution in [0.4, 0.5) is 0 Å². The van der Waals surface area contributed by atoms with Gasteiger partial charge in [-0.2, -0.15) is 5.26 Å². The molecule has 1 aliphatic heterocycles. The predicted octanol–water partition coefficient (Wildman–Crippen LogP) is 3.74. The van der Waals surface area contributed by atoms with Crippen molar-refractivity contribution in [2.24, 2.45) is 5.92 Å². The minimum atomic E-state index is 0.432. The molecule has 5 nitrogen and oxygen atoms in total. The number of fused-ring (bicyclic) bond motifs is 1. The molecule has 1 N–H and O–H groups in total. The van der Waals surface area contributed by atoms with Crippen molar-refractivity contribution in [3.63, 3.8) is 0 Å². The number of piperidine rings is 1. The second-order valence-corrected chi connectivity index (χ2v) is 6.95. The number of aromatic nitrogens is 2. The lowest BCUT2D eigenvalue weighted by Crippen LogP contribution is -2.30. The highest BCUT2D eigenvalue weighted by Crippen LogP contribution is 2.24. The highest BCUT2D eigenvalue weighted by Gasteiger charge is 2.14. The summed E-state index contributed by atoms with van der Waals surface area (Å²) in [5.41, 5.74) is 4.89.